The molecule has 0 saturated carbocycles. The Balaban J connectivity index is 1.64. The van der Waals surface area contributed by atoms with E-state index in [4.69, 9.17) is 0 Å². The molecule has 2 rings (SSSR count). The number of hydrogen-bond donors (Lipinski definition) is 1. The molecule has 3 nitrogen and oxygen atoms in total. The molecule has 3 heteroatoms. The summed E-state index contributed by atoms with van der Waals surface area (Å²) in [7, 11) is 2.09. The molecule has 0 radical (unpaired) electrons. The zero-order valence-corrected chi connectivity index (χ0v) is 12.3. The van der Waals surface area contributed by atoms with E-state index < -0.39 is 0 Å². The fourth-order valence-corrected chi connectivity index (χ4v) is 3.42. The van der Waals surface area contributed by atoms with Gasteiger partial charge in [0.05, 0.1) is 0 Å². The lowest BCUT2D eigenvalue weighted by molar-refractivity contribution is 0.144. The van der Waals surface area contributed by atoms with E-state index >= 15 is 0 Å². The minimum absolute atomic E-state index is 0.681. The first-order valence-electron chi connectivity index (χ1n) is 7.93. The Morgan fingerprint density at radius 1 is 1.06 bits per heavy atom. The predicted octanol–water partition coefficient (Wildman–Crippen LogP) is 1.79. The molecule has 1 N–H and O–H groups in total. The Morgan fingerprint density at radius 2 is 1.72 bits per heavy atom. The van der Waals surface area contributed by atoms with Crippen molar-refractivity contribution in [1.29, 1.82) is 0 Å². The lowest BCUT2D eigenvalue weighted by atomic mass is 9.96. The fraction of sp³-hybridized carbons (Fsp3) is 1.00. The first-order chi connectivity index (χ1) is 8.81. The molecule has 18 heavy (non-hydrogen) atoms. The van der Waals surface area contributed by atoms with Crippen LogP contribution in [0.5, 0.6) is 0 Å². The lowest BCUT2D eigenvalue weighted by Gasteiger charge is -2.35. The Morgan fingerprint density at radius 3 is 2.28 bits per heavy atom. The van der Waals surface area contributed by atoms with E-state index in [1.54, 1.807) is 0 Å². The van der Waals surface area contributed by atoms with E-state index in [0.717, 1.165) is 5.92 Å². The third kappa shape index (κ3) is 4.22. The number of likely N-dealkylation sites (tertiary alicyclic amines) is 2. The van der Waals surface area contributed by atoms with Crippen LogP contribution in [-0.2, 0) is 0 Å². The van der Waals surface area contributed by atoms with Gasteiger partial charge in [-0.2, -0.15) is 0 Å². The molecule has 2 aliphatic rings. The summed E-state index contributed by atoms with van der Waals surface area (Å²) in [5, 5.41) is 3.42. The van der Waals surface area contributed by atoms with Gasteiger partial charge in [0.1, 0.15) is 0 Å². The van der Waals surface area contributed by atoms with Crippen LogP contribution in [0.2, 0.25) is 0 Å². The van der Waals surface area contributed by atoms with Gasteiger partial charge in [0.15, 0.2) is 0 Å². The van der Waals surface area contributed by atoms with Crippen LogP contribution in [0, 0.1) is 5.92 Å². The zero-order chi connectivity index (χ0) is 12.8. The van der Waals surface area contributed by atoms with Gasteiger partial charge in [0, 0.05) is 19.1 Å². The third-order valence-corrected chi connectivity index (χ3v) is 4.80. The minimum atomic E-state index is 0.681. The summed E-state index contributed by atoms with van der Waals surface area (Å²) in [6.07, 6.45) is 6.93. The summed E-state index contributed by atoms with van der Waals surface area (Å²) in [4.78, 5) is 5.34. The van der Waals surface area contributed by atoms with E-state index in [2.05, 4.69) is 29.1 Å². The average Bonchev–Trinajstić information content (AvgIpc) is 2.91. The summed E-state index contributed by atoms with van der Waals surface area (Å²) in [6, 6.07) is 0.681. The van der Waals surface area contributed by atoms with E-state index in [0.29, 0.717) is 6.04 Å². The van der Waals surface area contributed by atoms with Crippen LogP contribution in [0.25, 0.3) is 0 Å². The number of likely N-dealkylation sites (N-methyl/N-ethyl adjacent to an activating group) is 1. The van der Waals surface area contributed by atoms with Gasteiger partial charge in [-0.1, -0.05) is 6.92 Å². The molecule has 0 aliphatic carbocycles. The average molecular weight is 253 g/mol. The molecule has 0 aromatic heterocycles. The van der Waals surface area contributed by atoms with Crippen LogP contribution in [0.1, 0.15) is 39.0 Å². The predicted molar refractivity (Wildman–Crippen MR) is 78.0 cm³/mol. The van der Waals surface area contributed by atoms with Gasteiger partial charge in [0.2, 0.25) is 0 Å². The summed E-state index contributed by atoms with van der Waals surface area (Å²) in [5.74, 6) is 0.967. The second-order valence-electron chi connectivity index (χ2n) is 6.15. The second kappa shape index (κ2) is 7.46. The minimum Gasteiger partial charge on any atom is -0.316 e. The van der Waals surface area contributed by atoms with Crippen LogP contribution in [-0.4, -0.2) is 62.2 Å². The Bertz CT molecular complexity index is 202. The number of rotatable bonds is 6. The molecule has 0 bridgehead atoms. The highest BCUT2D eigenvalue weighted by molar-refractivity contribution is 4.79. The highest BCUT2D eigenvalue weighted by Crippen LogP contribution is 2.20. The first kappa shape index (κ1) is 14.3. The van der Waals surface area contributed by atoms with Crippen molar-refractivity contribution in [3.63, 3.8) is 0 Å². The van der Waals surface area contributed by atoms with Gasteiger partial charge < -0.3 is 15.1 Å². The molecule has 0 spiro atoms. The van der Waals surface area contributed by atoms with Crippen molar-refractivity contribution in [3.8, 4) is 0 Å². The van der Waals surface area contributed by atoms with Gasteiger partial charge >= 0.3 is 0 Å². The van der Waals surface area contributed by atoms with Crippen LogP contribution < -0.4 is 5.32 Å². The van der Waals surface area contributed by atoms with Crippen molar-refractivity contribution < 1.29 is 0 Å². The van der Waals surface area contributed by atoms with Gasteiger partial charge in [-0.15, -0.1) is 0 Å². The Kier molecular flexibility index (Phi) is 5.93. The maximum atomic E-state index is 3.42. The quantitative estimate of drug-likeness (QED) is 0.778. The normalized spacial score (nSPS) is 25.7. The van der Waals surface area contributed by atoms with E-state index in [9.17, 15) is 0 Å². The molecule has 0 aromatic carbocycles. The van der Waals surface area contributed by atoms with Crippen molar-refractivity contribution in [3.05, 3.63) is 0 Å². The van der Waals surface area contributed by atoms with Gasteiger partial charge in [-0.3, -0.25) is 0 Å². The smallest absolute Gasteiger partial charge is 0.0189 e. The van der Waals surface area contributed by atoms with E-state index in [1.165, 1.54) is 71.4 Å². The zero-order valence-electron chi connectivity index (χ0n) is 12.3. The number of piperidine rings is 1. The molecular formula is C15H31N3. The van der Waals surface area contributed by atoms with Crippen LogP contribution in [0.3, 0.4) is 0 Å². The molecule has 1 unspecified atom stereocenters. The molecule has 106 valence electrons. The van der Waals surface area contributed by atoms with Crippen molar-refractivity contribution in [1.82, 2.24) is 15.1 Å². The fourth-order valence-electron chi connectivity index (χ4n) is 3.42. The van der Waals surface area contributed by atoms with Crippen molar-refractivity contribution in [2.75, 3.05) is 46.3 Å². The Labute approximate surface area is 113 Å². The van der Waals surface area contributed by atoms with Crippen molar-refractivity contribution in [2.45, 2.75) is 45.1 Å². The van der Waals surface area contributed by atoms with Crippen molar-refractivity contribution in [2.24, 2.45) is 5.92 Å². The van der Waals surface area contributed by atoms with Crippen LogP contribution in [0.4, 0.5) is 0 Å². The molecule has 2 aliphatic heterocycles. The monoisotopic (exact) mass is 253 g/mol. The summed E-state index contributed by atoms with van der Waals surface area (Å²) >= 11 is 0. The number of nitrogens with one attached hydrogen (secondary N) is 1. The number of nitrogens with zero attached hydrogens (tertiary/aromatic N) is 2. The summed E-state index contributed by atoms with van der Waals surface area (Å²) < 4.78 is 0. The maximum absolute atomic E-state index is 3.42. The van der Waals surface area contributed by atoms with E-state index in [1.807, 2.05) is 0 Å². The molecule has 2 fully saturated rings. The maximum Gasteiger partial charge on any atom is 0.0189 e. The highest BCUT2D eigenvalue weighted by atomic mass is 15.2. The summed E-state index contributed by atoms with van der Waals surface area (Å²) in [6.45, 7) is 10.2. The van der Waals surface area contributed by atoms with Gasteiger partial charge in [-0.25, -0.2) is 0 Å². The van der Waals surface area contributed by atoms with Gasteiger partial charge in [0.25, 0.3) is 0 Å². The largest absolute Gasteiger partial charge is 0.316 e. The standard InChI is InChI=1S/C15H31N3/c1-3-15(16-2)13-18-10-6-14(7-11-18)12-17-8-4-5-9-17/h14-16H,3-13H2,1-2H3. The Hall–Kier alpha value is -0.120. The molecule has 2 saturated heterocycles. The van der Waals surface area contributed by atoms with Crippen LogP contribution >= 0.6 is 0 Å². The molecule has 1 atom stereocenters. The van der Waals surface area contributed by atoms with Gasteiger partial charge in [-0.05, 0) is 71.2 Å². The number of hydrogen-bond acceptors (Lipinski definition) is 3. The summed E-state index contributed by atoms with van der Waals surface area (Å²) in [5.41, 5.74) is 0. The molecule has 0 amide bonds. The third-order valence-electron chi connectivity index (χ3n) is 4.80. The first-order valence-corrected chi connectivity index (χ1v) is 7.93. The van der Waals surface area contributed by atoms with Crippen molar-refractivity contribution >= 4 is 0 Å². The lowest BCUT2D eigenvalue weighted by Crippen LogP contribution is -2.44. The second-order valence-corrected chi connectivity index (χ2v) is 6.15. The highest BCUT2D eigenvalue weighted by Gasteiger charge is 2.23. The SMILES string of the molecule is CCC(CN1CCC(CN2CCCC2)CC1)NC. The van der Waals surface area contributed by atoms with E-state index in [-0.39, 0.29) is 0 Å². The topological polar surface area (TPSA) is 18.5 Å². The molecule has 0 aromatic rings. The molecule has 2 heterocycles. The molecular weight excluding hydrogens is 222 g/mol. The van der Waals surface area contributed by atoms with Crippen LogP contribution in [0.15, 0.2) is 0 Å².